The Morgan fingerprint density at radius 1 is 1.37 bits per heavy atom. The van der Waals surface area contributed by atoms with Crippen molar-refractivity contribution in [2.45, 2.75) is 39.3 Å². The second-order valence-electron chi connectivity index (χ2n) is 5.22. The van der Waals surface area contributed by atoms with Gasteiger partial charge in [-0.15, -0.1) is 0 Å². The normalized spacial score (nSPS) is 23.1. The summed E-state index contributed by atoms with van der Waals surface area (Å²) in [5.41, 5.74) is 3.19. The van der Waals surface area contributed by atoms with Crippen LogP contribution < -0.4 is 11.3 Å². The Morgan fingerprint density at radius 3 is 2.53 bits per heavy atom. The van der Waals surface area contributed by atoms with E-state index >= 15 is 0 Å². The molecule has 0 radical (unpaired) electrons. The molecule has 19 heavy (non-hydrogen) atoms. The van der Waals surface area contributed by atoms with Gasteiger partial charge in [-0.3, -0.25) is 15.1 Å². The van der Waals surface area contributed by atoms with Crippen molar-refractivity contribution in [1.29, 1.82) is 0 Å². The van der Waals surface area contributed by atoms with Crippen LogP contribution >= 0.6 is 0 Å². The summed E-state index contributed by atoms with van der Waals surface area (Å²) in [5.74, 6) is 5.32. The quantitative estimate of drug-likeness (QED) is 0.379. The van der Waals surface area contributed by atoms with Crippen LogP contribution in [-0.2, 0) is 11.3 Å². The third-order valence-corrected chi connectivity index (χ3v) is 3.57. The number of hydrogen-bond acceptors (Lipinski definition) is 3. The van der Waals surface area contributed by atoms with Gasteiger partial charge in [0.25, 0.3) is 0 Å². The van der Waals surface area contributed by atoms with Crippen molar-refractivity contribution in [1.82, 2.24) is 10.3 Å². The molecule has 1 aromatic rings. The van der Waals surface area contributed by atoms with Crippen molar-refractivity contribution in [3.63, 3.8) is 0 Å². The lowest BCUT2D eigenvalue weighted by Crippen LogP contribution is -2.39. The molecule has 0 aliphatic carbocycles. The van der Waals surface area contributed by atoms with E-state index in [4.69, 9.17) is 4.79 Å². The molecule has 0 saturated carbocycles. The van der Waals surface area contributed by atoms with Gasteiger partial charge in [0.1, 0.15) is 0 Å². The number of hydrazine groups is 1. The van der Waals surface area contributed by atoms with Gasteiger partial charge in [0, 0.05) is 12.6 Å². The van der Waals surface area contributed by atoms with Crippen molar-refractivity contribution in [3.05, 3.63) is 35.9 Å². The second-order valence-corrected chi connectivity index (χ2v) is 5.22. The molecule has 2 rings (SSSR count). The highest BCUT2D eigenvalue weighted by atomic mass is 16.1. The summed E-state index contributed by atoms with van der Waals surface area (Å²) in [6, 6.07) is 11.5. The van der Waals surface area contributed by atoms with E-state index in [1.807, 2.05) is 0 Å². The van der Waals surface area contributed by atoms with Crippen LogP contribution in [-0.4, -0.2) is 23.9 Å². The van der Waals surface area contributed by atoms with E-state index in [1.165, 1.54) is 24.9 Å². The average Bonchev–Trinajstić information content (AvgIpc) is 2.43. The molecule has 1 amide bonds. The summed E-state index contributed by atoms with van der Waals surface area (Å²) >= 11 is 0. The number of benzene rings is 1. The maximum Gasteiger partial charge on any atom is 0.221 e. The average molecular weight is 263 g/mol. The van der Waals surface area contributed by atoms with Gasteiger partial charge < -0.3 is 0 Å². The summed E-state index contributed by atoms with van der Waals surface area (Å²) in [7, 11) is 0. The molecule has 0 spiro atoms. The zero-order valence-corrected chi connectivity index (χ0v) is 11.9. The molecule has 0 unspecified atom stereocenters. The summed E-state index contributed by atoms with van der Waals surface area (Å²) in [5, 5.41) is 0. The highest BCUT2D eigenvalue weighted by Crippen LogP contribution is 2.23. The Kier molecular flexibility index (Phi) is 7.15. The molecule has 3 N–H and O–H groups in total. The lowest BCUT2D eigenvalue weighted by Gasteiger charge is -2.36. The van der Waals surface area contributed by atoms with Crippen LogP contribution in [0.15, 0.2) is 30.3 Å². The van der Waals surface area contributed by atoms with Gasteiger partial charge in [-0.2, -0.15) is 0 Å². The standard InChI is InChI=1S/C14H21N.CH4N2O/c1-12-8-9-15(13(2)10-12)11-14-6-4-3-5-7-14;2-3-1-4/h3-7,12-13H,8-11H2,1-2H3;1H,2H2,(H,3,4)/t12-,13-;/m1./s1. The maximum atomic E-state index is 8.94. The Balaban J connectivity index is 0.000000399. The van der Waals surface area contributed by atoms with Gasteiger partial charge in [-0.25, -0.2) is 5.84 Å². The number of amides is 1. The SMILES string of the molecule is C[C@@H]1CCN(Cc2ccccc2)[C@H](C)C1.NNC=O. The van der Waals surface area contributed by atoms with E-state index in [1.54, 1.807) is 5.43 Å². The first-order chi connectivity index (χ1) is 9.17. The monoisotopic (exact) mass is 263 g/mol. The van der Waals surface area contributed by atoms with Gasteiger partial charge in [0.15, 0.2) is 0 Å². The molecule has 1 saturated heterocycles. The number of likely N-dealkylation sites (tertiary alicyclic amines) is 1. The molecule has 0 bridgehead atoms. The van der Waals surface area contributed by atoms with Crippen LogP contribution in [0.2, 0.25) is 0 Å². The molecule has 4 heteroatoms. The summed E-state index contributed by atoms with van der Waals surface area (Å²) in [6.07, 6.45) is 3.12. The summed E-state index contributed by atoms with van der Waals surface area (Å²) in [6.45, 7) is 7.11. The molecule has 1 aliphatic heterocycles. The number of nitrogens with one attached hydrogen (secondary N) is 1. The van der Waals surface area contributed by atoms with Crippen molar-refractivity contribution in [3.8, 4) is 0 Å². The van der Waals surface area contributed by atoms with Crippen molar-refractivity contribution in [2.24, 2.45) is 11.8 Å². The number of nitrogens with two attached hydrogens (primary N) is 1. The van der Waals surface area contributed by atoms with Gasteiger partial charge in [0.05, 0.1) is 0 Å². The van der Waals surface area contributed by atoms with Crippen LogP contribution in [0.25, 0.3) is 0 Å². The summed E-state index contributed by atoms with van der Waals surface area (Å²) < 4.78 is 0. The molecule has 2 atom stereocenters. The van der Waals surface area contributed by atoms with Crippen LogP contribution in [0.4, 0.5) is 0 Å². The number of rotatable bonds is 3. The molecular weight excluding hydrogens is 238 g/mol. The minimum absolute atomic E-state index is 0.403. The summed E-state index contributed by atoms with van der Waals surface area (Å²) in [4.78, 5) is 11.5. The first-order valence-electron chi connectivity index (χ1n) is 6.85. The van der Waals surface area contributed by atoms with E-state index < -0.39 is 0 Å². The minimum atomic E-state index is 0.403. The first kappa shape index (κ1) is 15.7. The smallest absolute Gasteiger partial charge is 0.221 e. The molecule has 1 aliphatic rings. The van der Waals surface area contributed by atoms with Gasteiger partial charge >= 0.3 is 0 Å². The third-order valence-electron chi connectivity index (χ3n) is 3.57. The number of nitrogens with zero attached hydrogens (tertiary/aromatic N) is 1. The number of piperidine rings is 1. The Bertz CT molecular complexity index is 356. The molecule has 4 nitrogen and oxygen atoms in total. The van der Waals surface area contributed by atoms with Gasteiger partial charge in [-0.05, 0) is 37.8 Å². The van der Waals surface area contributed by atoms with E-state index in [0.29, 0.717) is 6.41 Å². The predicted octanol–water partition coefficient (Wildman–Crippen LogP) is 1.91. The van der Waals surface area contributed by atoms with Crippen LogP contribution in [0.1, 0.15) is 32.3 Å². The predicted molar refractivity (Wildman–Crippen MR) is 78.1 cm³/mol. The first-order valence-corrected chi connectivity index (χ1v) is 6.85. The van der Waals surface area contributed by atoms with Crippen LogP contribution in [0.3, 0.4) is 0 Å². The lowest BCUT2D eigenvalue weighted by atomic mass is 9.93. The minimum Gasteiger partial charge on any atom is -0.297 e. The van der Waals surface area contributed by atoms with E-state index in [9.17, 15) is 0 Å². The molecular formula is C15H25N3O. The fourth-order valence-electron chi connectivity index (χ4n) is 2.51. The molecule has 1 heterocycles. The largest absolute Gasteiger partial charge is 0.297 e. The van der Waals surface area contributed by atoms with E-state index in [-0.39, 0.29) is 0 Å². The fourth-order valence-corrected chi connectivity index (χ4v) is 2.51. The molecule has 1 fully saturated rings. The third kappa shape index (κ3) is 5.85. The Morgan fingerprint density at radius 2 is 2.00 bits per heavy atom. The number of carbonyl (C=O) groups is 1. The second kappa shape index (κ2) is 8.67. The van der Waals surface area contributed by atoms with E-state index in [0.717, 1.165) is 18.5 Å². The van der Waals surface area contributed by atoms with Crippen molar-refractivity contribution >= 4 is 6.41 Å². The molecule has 1 aromatic carbocycles. The topological polar surface area (TPSA) is 58.4 Å². The van der Waals surface area contributed by atoms with Crippen molar-refractivity contribution < 1.29 is 4.79 Å². The maximum absolute atomic E-state index is 8.94. The molecule has 0 aromatic heterocycles. The van der Waals surface area contributed by atoms with Crippen LogP contribution in [0.5, 0.6) is 0 Å². The number of hydrogen-bond donors (Lipinski definition) is 2. The van der Waals surface area contributed by atoms with Gasteiger partial charge in [-0.1, -0.05) is 37.3 Å². The lowest BCUT2D eigenvalue weighted by molar-refractivity contribution is -0.109. The highest BCUT2D eigenvalue weighted by Gasteiger charge is 2.22. The van der Waals surface area contributed by atoms with Gasteiger partial charge in [0.2, 0.25) is 6.41 Å². The van der Waals surface area contributed by atoms with Crippen LogP contribution in [0, 0.1) is 5.92 Å². The van der Waals surface area contributed by atoms with Crippen molar-refractivity contribution in [2.75, 3.05) is 6.54 Å². The fraction of sp³-hybridized carbons (Fsp3) is 0.533. The van der Waals surface area contributed by atoms with E-state index in [2.05, 4.69) is 54.9 Å². The molecule has 106 valence electrons. The Hall–Kier alpha value is -1.39. The number of carbonyl (C=O) groups excluding carboxylic acids is 1. The zero-order chi connectivity index (χ0) is 14.1. The zero-order valence-electron chi connectivity index (χ0n) is 11.9. The highest BCUT2D eigenvalue weighted by molar-refractivity contribution is 5.44. The Labute approximate surface area is 115 Å².